The molecule has 0 bridgehead atoms. The number of hydroxylamine groups is 2. The highest BCUT2D eigenvalue weighted by Gasteiger charge is 2.32. The van der Waals surface area contributed by atoms with E-state index in [1.165, 1.54) is 0 Å². The fraction of sp³-hybridized carbons (Fsp3) is 0.176. The molecule has 1 aliphatic heterocycles. The molecule has 2 aromatic rings. The van der Waals surface area contributed by atoms with Crippen LogP contribution in [0.4, 0.5) is 0 Å². The molecule has 2 amide bonds. The summed E-state index contributed by atoms with van der Waals surface area (Å²) in [5.41, 5.74) is 1.75. The van der Waals surface area contributed by atoms with Crippen LogP contribution in [0.15, 0.2) is 42.6 Å². The Morgan fingerprint density at radius 3 is 2.74 bits per heavy atom. The number of hydrogen-bond donors (Lipinski definition) is 0. The number of carbonyl (C=O) groups is 3. The Bertz CT molecular complexity index is 797. The topological polar surface area (TPSA) is 76.6 Å². The second-order valence-corrected chi connectivity index (χ2v) is 5.11. The smallest absolute Gasteiger partial charge is 0.330 e. The number of aromatic nitrogens is 1. The second kappa shape index (κ2) is 6.39. The molecule has 0 atom stereocenters. The van der Waals surface area contributed by atoms with Gasteiger partial charge in [0.25, 0.3) is 11.8 Å². The molecule has 116 valence electrons. The molecule has 1 aromatic heterocycles. The van der Waals surface area contributed by atoms with Gasteiger partial charge in [-0.25, -0.2) is 4.79 Å². The molecule has 0 N–H and O–H groups in total. The quantitative estimate of drug-likeness (QED) is 0.809. The normalized spacial score (nSPS) is 14.9. The average Bonchev–Trinajstić information content (AvgIpc) is 2.87. The van der Waals surface area contributed by atoms with E-state index in [2.05, 4.69) is 4.98 Å². The van der Waals surface area contributed by atoms with Crippen molar-refractivity contribution in [3.63, 3.8) is 0 Å². The molecule has 1 aliphatic rings. The van der Waals surface area contributed by atoms with Crippen molar-refractivity contribution in [3.05, 3.63) is 48.2 Å². The molecule has 1 fully saturated rings. The third kappa shape index (κ3) is 3.42. The summed E-state index contributed by atoms with van der Waals surface area (Å²) < 4.78 is 0. The Morgan fingerprint density at radius 1 is 1.22 bits per heavy atom. The first-order valence-corrected chi connectivity index (χ1v) is 7.21. The number of benzene rings is 1. The van der Waals surface area contributed by atoms with Crippen LogP contribution in [0.25, 0.3) is 17.0 Å². The van der Waals surface area contributed by atoms with Gasteiger partial charge in [-0.3, -0.25) is 14.6 Å². The van der Waals surface area contributed by atoms with Gasteiger partial charge in [0.2, 0.25) is 0 Å². The maximum atomic E-state index is 11.7. The Balaban J connectivity index is 1.60. The van der Waals surface area contributed by atoms with Crippen LogP contribution in [0.5, 0.6) is 0 Å². The molecule has 6 heteroatoms. The van der Waals surface area contributed by atoms with E-state index in [0.29, 0.717) is 5.06 Å². The van der Waals surface area contributed by atoms with Crippen molar-refractivity contribution in [2.75, 3.05) is 0 Å². The number of rotatable bonds is 4. The summed E-state index contributed by atoms with van der Waals surface area (Å²) in [6.07, 6.45) is 5.20. The van der Waals surface area contributed by atoms with Crippen LogP contribution in [0.2, 0.25) is 0 Å². The van der Waals surface area contributed by atoms with Crippen molar-refractivity contribution in [2.45, 2.75) is 19.3 Å². The number of para-hydroxylation sites is 1. The Morgan fingerprint density at radius 2 is 1.96 bits per heavy atom. The summed E-state index contributed by atoms with van der Waals surface area (Å²) in [7, 11) is 0. The molecule has 2 heterocycles. The largest absolute Gasteiger partial charge is 0.336 e. The van der Waals surface area contributed by atoms with Gasteiger partial charge in [-0.2, -0.15) is 0 Å². The predicted molar refractivity (Wildman–Crippen MR) is 82.6 cm³/mol. The highest BCUT2D eigenvalue weighted by Crippen LogP contribution is 2.15. The van der Waals surface area contributed by atoms with Gasteiger partial charge in [-0.15, -0.1) is 5.06 Å². The number of pyridine rings is 1. The van der Waals surface area contributed by atoms with E-state index >= 15 is 0 Å². The van der Waals surface area contributed by atoms with Gasteiger partial charge in [0.1, 0.15) is 0 Å². The molecule has 1 saturated heterocycles. The zero-order valence-electron chi connectivity index (χ0n) is 12.3. The molecule has 6 nitrogen and oxygen atoms in total. The number of nitrogens with zero attached hydrogens (tertiary/aromatic N) is 2. The van der Waals surface area contributed by atoms with Crippen molar-refractivity contribution in [1.82, 2.24) is 10.0 Å². The van der Waals surface area contributed by atoms with E-state index in [-0.39, 0.29) is 19.3 Å². The van der Waals surface area contributed by atoms with Gasteiger partial charge >= 0.3 is 5.97 Å². The van der Waals surface area contributed by atoms with E-state index in [1.807, 2.05) is 30.3 Å². The Kier molecular flexibility index (Phi) is 4.14. The zero-order chi connectivity index (χ0) is 16.2. The lowest BCUT2D eigenvalue weighted by molar-refractivity contribution is -0.196. The van der Waals surface area contributed by atoms with E-state index in [4.69, 9.17) is 4.84 Å². The van der Waals surface area contributed by atoms with E-state index < -0.39 is 17.8 Å². The molecular formula is C17H14N2O4. The summed E-state index contributed by atoms with van der Waals surface area (Å²) in [6, 6.07) is 9.68. The van der Waals surface area contributed by atoms with Crippen molar-refractivity contribution in [2.24, 2.45) is 0 Å². The van der Waals surface area contributed by atoms with Crippen LogP contribution in [0, 0.1) is 0 Å². The molecule has 23 heavy (non-hydrogen) atoms. The Hall–Kier alpha value is -3.02. The second-order valence-electron chi connectivity index (χ2n) is 5.11. The molecule has 0 saturated carbocycles. The van der Waals surface area contributed by atoms with Crippen LogP contribution in [0.3, 0.4) is 0 Å². The highest BCUT2D eigenvalue weighted by molar-refractivity contribution is 6.01. The zero-order valence-corrected chi connectivity index (χ0v) is 12.3. The first-order valence-electron chi connectivity index (χ1n) is 7.21. The summed E-state index contributed by atoms with van der Waals surface area (Å²) >= 11 is 0. The summed E-state index contributed by atoms with van der Waals surface area (Å²) in [6.45, 7) is 0. The van der Waals surface area contributed by atoms with Crippen molar-refractivity contribution >= 4 is 34.8 Å². The number of carbonyl (C=O) groups excluding carboxylic acids is 3. The molecule has 0 aliphatic carbocycles. The van der Waals surface area contributed by atoms with Crippen molar-refractivity contribution < 1.29 is 19.2 Å². The van der Waals surface area contributed by atoms with E-state index in [1.54, 1.807) is 18.3 Å². The fourth-order valence-corrected chi connectivity index (χ4v) is 2.27. The van der Waals surface area contributed by atoms with Crippen molar-refractivity contribution in [1.29, 1.82) is 0 Å². The van der Waals surface area contributed by atoms with Crippen LogP contribution < -0.4 is 0 Å². The molecule has 0 radical (unpaired) electrons. The molecule has 0 unspecified atom stereocenters. The van der Waals surface area contributed by atoms with Crippen LogP contribution in [-0.4, -0.2) is 27.8 Å². The lowest BCUT2D eigenvalue weighted by atomic mass is 10.1. The fourth-order valence-electron chi connectivity index (χ4n) is 2.27. The highest BCUT2D eigenvalue weighted by atomic mass is 16.7. The summed E-state index contributed by atoms with van der Waals surface area (Å²) in [5.74, 6) is -1.62. The number of hydrogen-bond acceptors (Lipinski definition) is 5. The van der Waals surface area contributed by atoms with Gasteiger partial charge < -0.3 is 4.84 Å². The SMILES string of the molecule is O=C(CC=Cc1cnc2ccccc2c1)ON1C(=O)CCC1=O. The van der Waals surface area contributed by atoms with Crippen LogP contribution in [0.1, 0.15) is 24.8 Å². The summed E-state index contributed by atoms with van der Waals surface area (Å²) in [5, 5.41) is 1.55. The number of imide groups is 1. The van der Waals surface area contributed by atoms with Gasteiger partial charge in [0, 0.05) is 24.4 Å². The monoisotopic (exact) mass is 310 g/mol. The standard InChI is InChI=1S/C17H14N2O4/c20-15-8-9-16(21)19(15)23-17(22)7-3-4-12-10-13-5-1-2-6-14(13)18-11-12/h1-6,10-11H,7-9H2. The molecule has 3 rings (SSSR count). The molecular weight excluding hydrogens is 296 g/mol. The molecule has 1 aromatic carbocycles. The van der Waals surface area contributed by atoms with Gasteiger partial charge in [-0.1, -0.05) is 30.4 Å². The minimum Gasteiger partial charge on any atom is -0.330 e. The van der Waals surface area contributed by atoms with E-state index in [9.17, 15) is 14.4 Å². The maximum Gasteiger partial charge on any atom is 0.336 e. The van der Waals surface area contributed by atoms with Crippen molar-refractivity contribution in [3.8, 4) is 0 Å². The maximum absolute atomic E-state index is 11.7. The van der Waals surface area contributed by atoms with Crippen LogP contribution in [-0.2, 0) is 19.2 Å². The average molecular weight is 310 g/mol. The number of fused-ring (bicyclic) bond motifs is 1. The minimum absolute atomic E-state index is 0.0378. The first kappa shape index (κ1) is 14.9. The lowest BCUT2D eigenvalue weighted by Crippen LogP contribution is -2.31. The Labute approximate surface area is 132 Å². The third-order valence-electron chi connectivity index (χ3n) is 3.41. The van der Waals surface area contributed by atoms with Gasteiger partial charge in [0.15, 0.2) is 0 Å². The summed E-state index contributed by atoms with van der Waals surface area (Å²) in [4.78, 5) is 43.4. The third-order valence-corrected chi connectivity index (χ3v) is 3.41. The van der Waals surface area contributed by atoms with Crippen LogP contribution >= 0.6 is 0 Å². The minimum atomic E-state index is -0.654. The first-order chi connectivity index (χ1) is 11.1. The number of amides is 2. The lowest BCUT2D eigenvalue weighted by Gasteiger charge is -2.11. The van der Waals surface area contributed by atoms with E-state index in [0.717, 1.165) is 16.5 Å². The van der Waals surface area contributed by atoms with Gasteiger partial charge in [-0.05, 0) is 17.7 Å². The molecule has 0 spiro atoms. The predicted octanol–water partition coefficient (Wildman–Crippen LogP) is 2.25. The van der Waals surface area contributed by atoms with Gasteiger partial charge in [0.05, 0.1) is 11.9 Å².